The van der Waals surface area contributed by atoms with Gasteiger partial charge in [-0.2, -0.15) is 18.3 Å². The van der Waals surface area contributed by atoms with Crippen molar-refractivity contribution in [1.82, 2.24) is 19.9 Å². The first-order chi connectivity index (χ1) is 15.3. The molecule has 2 heterocycles. The Kier molecular flexibility index (Phi) is 6.28. The third-order valence-electron chi connectivity index (χ3n) is 5.59. The van der Waals surface area contributed by atoms with Gasteiger partial charge in [0.2, 0.25) is 0 Å². The third kappa shape index (κ3) is 4.53. The van der Waals surface area contributed by atoms with Gasteiger partial charge < -0.3 is 10.1 Å². The van der Waals surface area contributed by atoms with Crippen molar-refractivity contribution in [2.24, 2.45) is 0 Å². The van der Waals surface area contributed by atoms with E-state index < -0.39 is 17.8 Å². The summed E-state index contributed by atoms with van der Waals surface area (Å²) in [5.41, 5.74) is -1.11. The summed E-state index contributed by atoms with van der Waals surface area (Å²) in [4.78, 5) is 17.1. The topological polar surface area (TPSA) is 68.5 Å². The van der Waals surface area contributed by atoms with Crippen LogP contribution in [0.15, 0.2) is 30.3 Å². The van der Waals surface area contributed by atoms with Crippen molar-refractivity contribution in [1.29, 1.82) is 0 Å². The molecule has 0 atom stereocenters. The van der Waals surface area contributed by atoms with Crippen LogP contribution in [0.3, 0.4) is 0 Å². The Bertz CT molecular complexity index is 1140. The molecule has 3 aromatic rings. The van der Waals surface area contributed by atoms with Crippen LogP contribution >= 0.6 is 11.6 Å². The minimum absolute atomic E-state index is 0.0428. The zero-order chi connectivity index (χ0) is 22.9. The predicted molar refractivity (Wildman–Crippen MR) is 114 cm³/mol. The van der Waals surface area contributed by atoms with Crippen LogP contribution in [0, 0.1) is 0 Å². The number of carbonyl (C=O) groups is 1. The van der Waals surface area contributed by atoms with Crippen LogP contribution in [0.4, 0.5) is 13.2 Å². The molecular formula is C22H22ClF3N4O2. The van der Waals surface area contributed by atoms with Gasteiger partial charge in [-0.25, -0.2) is 9.50 Å². The maximum atomic E-state index is 13.9. The molecule has 1 amide bonds. The first-order valence-corrected chi connectivity index (χ1v) is 10.8. The Morgan fingerprint density at radius 3 is 2.56 bits per heavy atom. The van der Waals surface area contributed by atoms with Crippen molar-refractivity contribution >= 4 is 23.2 Å². The van der Waals surface area contributed by atoms with E-state index in [0.29, 0.717) is 15.8 Å². The number of hydrogen-bond acceptors (Lipinski definition) is 4. The number of amides is 1. The fourth-order valence-electron chi connectivity index (χ4n) is 3.95. The van der Waals surface area contributed by atoms with Gasteiger partial charge in [-0.05, 0) is 31.0 Å². The highest BCUT2D eigenvalue weighted by molar-refractivity contribution is 6.36. The fourth-order valence-corrected chi connectivity index (χ4v) is 4.19. The summed E-state index contributed by atoms with van der Waals surface area (Å²) in [6.45, 7) is 0. The van der Waals surface area contributed by atoms with Crippen LogP contribution in [0.5, 0.6) is 5.75 Å². The number of nitrogens with one attached hydrogen (secondary N) is 1. The summed E-state index contributed by atoms with van der Waals surface area (Å²) in [6.07, 6.45) is 1.10. The highest BCUT2D eigenvalue weighted by Crippen LogP contribution is 2.35. The third-order valence-corrected chi connectivity index (χ3v) is 5.94. The molecule has 1 N–H and O–H groups in total. The summed E-state index contributed by atoms with van der Waals surface area (Å²) in [7, 11) is 1.46. The standard InChI is InChI=1S/C22H22ClF3N4O2/c1-32-15-10-6-7-13(11-15)16-12-17(22(24,25)26)30-20(28-16)18(23)19(29-30)21(31)27-14-8-4-2-3-5-9-14/h6-7,10-12,14H,2-5,8-9H2,1H3,(H,27,31). The summed E-state index contributed by atoms with van der Waals surface area (Å²) in [5.74, 6) is -0.121. The molecule has 1 aliphatic carbocycles. The average Bonchev–Trinajstić information content (AvgIpc) is 2.92. The van der Waals surface area contributed by atoms with Gasteiger partial charge in [-0.3, -0.25) is 4.79 Å². The predicted octanol–water partition coefficient (Wildman–Crippen LogP) is 5.53. The van der Waals surface area contributed by atoms with Crippen LogP contribution in [0.2, 0.25) is 5.02 Å². The number of fused-ring (bicyclic) bond motifs is 1. The van der Waals surface area contributed by atoms with E-state index in [0.717, 1.165) is 44.6 Å². The molecule has 4 rings (SSSR count). The summed E-state index contributed by atoms with van der Waals surface area (Å²) in [5, 5.41) is 6.56. The molecule has 170 valence electrons. The van der Waals surface area contributed by atoms with E-state index in [1.54, 1.807) is 24.3 Å². The molecular weight excluding hydrogens is 445 g/mol. The second-order valence-electron chi connectivity index (χ2n) is 7.82. The Morgan fingerprint density at radius 1 is 1.19 bits per heavy atom. The van der Waals surface area contributed by atoms with E-state index in [2.05, 4.69) is 15.4 Å². The second kappa shape index (κ2) is 8.97. The number of ether oxygens (including phenoxy) is 1. The van der Waals surface area contributed by atoms with Gasteiger partial charge in [-0.15, -0.1) is 0 Å². The lowest BCUT2D eigenvalue weighted by Crippen LogP contribution is -2.34. The van der Waals surface area contributed by atoms with Crippen LogP contribution in [-0.4, -0.2) is 33.7 Å². The van der Waals surface area contributed by atoms with Gasteiger partial charge in [0.15, 0.2) is 17.0 Å². The van der Waals surface area contributed by atoms with Crippen LogP contribution < -0.4 is 10.1 Å². The fraction of sp³-hybridized carbons (Fsp3) is 0.409. The van der Waals surface area contributed by atoms with E-state index in [1.807, 2.05) is 0 Å². The molecule has 0 radical (unpaired) electrons. The summed E-state index contributed by atoms with van der Waals surface area (Å²) in [6, 6.07) is 7.35. The number of benzene rings is 1. The molecule has 10 heteroatoms. The number of alkyl halides is 3. The van der Waals surface area contributed by atoms with Gasteiger partial charge in [0.05, 0.1) is 12.8 Å². The number of methoxy groups -OCH3 is 1. The summed E-state index contributed by atoms with van der Waals surface area (Å²) >= 11 is 6.34. The number of aromatic nitrogens is 3. The molecule has 1 aliphatic rings. The lowest BCUT2D eigenvalue weighted by molar-refractivity contribution is -0.142. The summed E-state index contributed by atoms with van der Waals surface area (Å²) < 4.78 is 47.3. The first-order valence-electron chi connectivity index (χ1n) is 10.4. The second-order valence-corrected chi connectivity index (χ2v) is 8.19. The normalized spacial score (nSPS) is 15.5. The quantitative estimate of drug-likeness (QED) is 0.513. The average molecular weight is 467 g/mol. The van der Waals surface area contributed by atoms with Gasteiger partial charge >= 0.3 is 6.18 Å². The van der Waals surface area contributed by atoms with Gasteiger partial charge in [-0.1, -0.05) is 49.4 Å². The van der Waals surface area contributed by atoms with Crippen molar-refractivity contribution in [3.8, 4) is 17.0 Å². The molecule has 0 unspecified atom stereocenters. The highest BCUT2D eigenvalue weighted by atomic mass is 35.5. The molecule has 0 spiro atoms. The molecule has 2 aromatic heterocycles. The molecule has 1 aromatic carbocycles. The highest BCUT2D eigenvalue weighted by Gasteiger charge is 2.37. The monoisotopic (exact) mass is 466 g/mol. The van der Waals surface area contributed by atoms with E-state index in [-0.39, 0.29) is 28.1 Å². The zero-order valence-electron chi connectivity index (χ0n) is 17.4. The maximum Gasteiger partial charge on any atom is 0.433 e. The van der Waals surface area contributed by atoms with E-state index in [4.69, 9.17) is 16.3 Å². The van der Waals surface area contributed by atoms with E-state index in [1.165, 1.54) is 7.11 Å². The Hall–Kier alpha value is -2.81. The molecule has 1 saturated carbocycles. The number of rotatable bonds is 4. The van der Waals surface area contributed by atoms with E-state index in [9.17, 15) is 18.0 Å². The SMILES string of the molecule is COc1cccc(-c2cc(C(F)(F)F)n3nc(C(=O)NC4CCCCCC4)c(Cl)c3n2)c1. The van der Waals surface area contributed by atoms with Gasteiger partial charge in [0.1, 0.15) is 10.8 Å². The van der Waals surface area contributed by atoms with Crippen LogP contribution in [0.25, 0.3) is 16.9 Å². The molecule has 32 heavy (non-hydrogen) atoms. The van der Waals surface area contributed by atoms with E-state index >= 15 is 0 Å². The number of hydrogen-bond donors (Lipinski definition) is 1. The van der Waals surface area contributed by atoms with Crippen LogP contribution in [-0.2, 0) is 6.18 Å². The number of carbonyl (C=O) groups excluding carboxylic acids is 1. The lowest BCUT2D eigenvalue weighted by Gasteiger charge is -2.15. The lowest BCUT2D eigenvalue weighted by atomic mass is 10.1. The van der Waals surface area contributed by atoms with Gasteiger partial charge in [0, 0.05) is 11.6 Å². The Labute approximate surface area is 187 Å². The van der Waals surface area contributed by atoms with Crippen molar-refractivity contribution in [3.63, 3.8) is 0 Å². The molecule has 0 bridgehead atoms. The maximum absolute atomic E-state index is 13.9. The molecule has 0 saturated heterocycles. The minimum atomic E-state index is -4.74. The zero-order valence-corrected chi connectivity index (χ0v) is 18.1. The van der Waals surface area contributed by atoms with Crippen molar-refractivity contribution in [3.05, 3.63) is 46.7 Å². The first kappa shape index (κ1) is 22.4. The Morgan fingerprint density at radius 2 is 1.91 bits per heavy atom. The molecule has 1 fully saturated rings. The smallest absolute Gasteiger partial charge is 0.433 e. The Balaban J connectivity index is 1.78. The molecule has 0 aliphatic heterocycles. The van der Waals surface area contributed by atoms with Gasteiger partial charge in [0.25, 0.3) is 5.91 Å². The molecule has 6 nitrogen and oxygen atoms in total. The number of nitrogens with zero attached hydrogens (tertiary/aromatic N) is 3. The largest absolute Gasteiger partial charge is 0.497 e. The minimum Gasteiger partial charge on any atom is -0.497 e. The van der Waals surface area contributed by atoms with Crippen molar-refractivity contribution in [2.75, 3.05) is 7.11 Å². The van der Waals surface area contributed by atoms with Crippen LogP contribution in [0.1, 0.15) is 54.7 Å². The van der Waals surface area contributed by atoms with Crippen molar-refractivity contribution in [2.45, 2.75) is 50.7 Å². The van der Waals surface area contributed by atoms with Crippen molar-refractivity contribution < 1.29 is 22.7 Å². The number of halogens is 4.